The first-order valence-electron chi connectivity index (χ1n) is 9.16. The number of benzene rings is 2. The van der Waals surface area contributed by atoms with Gasteiger partial charge in [-0.2, -0.15) is 4.98 Å². The highest BCUT2D eigenvalue weighted by atomic mass is 16.6. The largest absolute Gasteiger partial charge is 0.493 e. The topological polar surface area (TPSA) is 101 Å². The zero-order valence-electron chi connectivity index (χ0n) is 17.4. The molecule has 156 valence electrons. The summed E-state index contributed by atoms with van der Waals surface area (Å²) in [5.74, 6) is -0.0311. The molecule has 1 heterocycles. The molecule has 0 amide bonds. The zero-order chi connectivity index (χ0) is 21.9. The number of nitrogens with zero attached hydrogens (tertiary/aromatic N) is 2. The summed E-state index contributed by atoms with van der Waals surface area (Å²) in [6, 6.07) is 11.2. The standard InChI is InChI=1S/C22H22N2O6/c1-22(2,3)21-23-18(30-24-21)14-8-6-7-9-15(14)20(26)29-16-11-10-13(19(25)28-5)12-17(16)27-4/h6-12H,1-5H3. The van der Waals surface area contributed by atoms with Gasteiger partial charge in [0.25, 0.3) is 5.89 Å². The molecule has 0 unspecified atom stereocenters. The molecule has 0 spiro atoms. The summed E-state index contributed by atoms with van der Waals surface area (Å²) in [5, 5.41) is 4.01. The Morgan fingerprint density at radius 1 is 0.967 bits per heavy atom. The van der Waals surface area contributed by atoms with E-state index in [1.54, 1.807) is 24.3 Å². The summed E-state index contributed by atoms with van der Waals surface area (Å²) in [5.41, 5.74) is 0.679. The molecule has 0 saturated heterocycles. The molecule has 0 N–H and O–H groups in total. The first-order chi connectivity index (χ1) is 14.2. The van der Waals surface area contributed by atoms with Crippen molar-refractivity contribution in [3.05, 3.63) is 59.4 Å². The van der Waals surface area contributed by atoms with Gasteiger partial charge in [-0.05, 0) is 30.3 Å². The van der Waals surface area contributed by atoms with Crippen molar-refractivity contribution in [3.63, 3.8) is 0 Å². The Hall–Kier alpha value is -3.68. The average Bonchev–Trinajstić information content (AvgIpc) is 3.24. The lowest BCUT2D eigenvalue weighted by Gasteiger charge is -2.12. The van der Waals surface area contributed by atoms with Gasteiger partial charge in [-0.15, -0.1) is 0 Å². The fourth-order valence-corrected chi connectivity index (χ4v) is 2.64. The minimum Gasteiger partial charge on any atom is -0.493 e. The highest BCUT2D eigenvalue weighted by Crippen LogP contribution is 2.31. The van der Waals surface area contributed by atoms with Crippen LogP contribution in [0.15, 0.2) is 47.0 Å². The second kappa shape index (κ2) is 8.36. The number of hydrogen-bond donors (Lipinski definition) is 0. The summed E-state index contributed by atoms with van der Waals surface area (Å²) in [6.45, 7) is 5.89. The van der Waals surface area contributed by atoms with Gasteiger partial charge < -0.3 is 18.7 Å². The van der Waals surface area contributed by atoms with Gasteiger partial charge in [-0.1, -0.05) is 38.1 Å². The van der Waals surface area contributed by atoms with E-state index in [1.807, 2.05) is 20.8 Å². The third-order valence-electron chi connectivity index (χ3n) is 4.26. The number of ether oxygens (including phenoxy) is 3. The highest BCUT2D eigenvalue weighted by molar-refractivity contribution is 5.98. The fourth-order valence-electron chi connectivity index (χ4n) is 2.64. The Morgan fingerprint density at radius 3 is 2.33 bits per heavy atom. The van der Waals surface area contributed by atoms with Crippen LogP contribution in [0, 0.1) is 0 Å². The molecule has 8 heteroatoms. The van der Waals surface area contributed by atoms with Gasteiger partial charge in [0.05, 0.1) is 30.9 Å². The van der Waals surface area contributed by atoms with Crippen molar-refractivity contribution in [2.45, 2.75) is 26.2 Å². The van der Waals surface area contributed by atoms with Crippen molar-refractivity contribution in [1.29, 1.82) is 0 Å². The Kier molecular flexibility index (Phi) is 5.86. The molecule has 2 aromatic carbocycles. The van der Waals surface area contributed by atoms with Crippen molar-refractivity contribution in [2.24, 2.45) is 0 Å². The van der Waals surface area contributed by atoms with Gasteiger partial charge in [0.15, 0.2) is 17.3 Å². The molecule has 3 rings (SSSR count). The van der Waals surface area contributed by atoms with Crippen molar-refractivity contribution in [3.8, 4) is 23.0 Å². The van der Waals surface area contributed by atoms with E-state index in [-0.39, 0.29) is 33.9 Å². The molecule has 30 heavy (non-hydrogen) atoms. The fraction of sp³-hybridized carbons (Fsp3) is 0.273. The number of esters is 2. The molecule has 0 saturated carbocycles. The van der Waals surface area contributed by atoms with Gasteiger partial charge >= 0.3 is 11.9 Å². The monoisotopic (exact) mass is 410 g/mol. The van der Waals surface area contributed by atoms with Crippen LogP contribution in [0.25, 0.3) is 11.5 Å². The number of hydrogen-bond acceptors (Lipinski definition) is 8. The third-order valence-corrected chi connectivity index (χ3v) is 4.26. The third kappa shape index (κ3) is 4.32. The van der Waals surface area contributed by atoms with Crippen LogP contribution in [0.3, 0.4) is 0 Å². The van der Waals surface area contributed by atoms with E-state index in [4.69, 9.17) is 18.7 Å². The number of methoxy groups -OCH3 is 2. The predicted octanol–water partition coefficient (Wildman–Crippen LogP) is 4.05. The van der Waals surface area contributed by atoms with E-state index in [2.05, 4.69) is 10.1 Å². The van der Waals surface area contributed by atoms with Crippen LogP contribution >= 0.6 is 0 Å². The van der Waals surface area contributed by atoms with E-state index >= 15 is 0 Å². The summed E-state index contributed by atoms with van der Waals surface area (Å²) in [7, 11) is 2.69. The molecule has 0 fully saturated rings. The Labute approximate surface area is 173 Å². The van der Waals surface area contributed by atoms with Crippen LogP contribution in [0.1, 0.15) is 47.3 Å². The molecule has 0 aliphatic carbocycles. The van der Waals surface area contributed by atoms with Crippen LogP contribution in [-0.2, 0) is 10.2 Å². The molecular formula is C22H22N2O6. The van der Waals surface area contributed by atoms with Crippen molar-refractivity contribution >= 4 is 11.9 Å². The first-order valence-corrected chi connectivity index (χ1v) is 9.16. The van der Waals surface area contributed by atoms with Gasteiger partial charge in [0, 0.05) is 5.41 Å². The molecule has 1 aromatic heterocycles. The van der Waals surface area contributed by atoms with Crippen molar-refractivity contribution in [1.82, 2.24) is 10.1 Å². The van der Waals surface area contributed by atoms with Crippen LogP contribution in [0.4, 0.5) is 0 Å². The van der Waals surface area contributed by atoms with Gasteiger partial charge in [-0.3, -0.25) is 0 Å². The minimum atomic E-state index is -0.634. The Bertz CT molecular complexity index is 1080. The molecule has 0 aliphatic rings. The van der Waals surface area contributed by atoms with Crippen LogP contribution < -0.4 is 9.47 Å². The normalized spacial score (nSPS) is 11.1. The van der Waals surface area contributed by atoms with Crippen LogP contribution in [-0.4, -0.2) is 36.3 Å². The lowest BCUT2D eigenvalue weighted by Crippen LogP contribution is -2.13. The summed E-state index contributed by atoms with van der Waals surface area (Å²) in [6.07, 6.45) is 0. The summed E-state index contributed by atoms with van der Waals surface area (Å²) >= 11 is 0. The van der Waals surface area contributed by atoms with Gasteiger partial charge in [0.2, 0.25) is 0 Å². The molecule has 8 nitrogen and oxygen atoms in total. The minimum absolute atomic E-state index is 0.158. The summed E-state index contributed by atoms with van der Waals surface area (Å²) < 4.78 is 20.8. The maximum Gasteiger partial charge on any atom is 0.344 e. The molecule has 0 bridgehead atoms. The van der Waals surface area contributed by atoms with Crippen molar-refractivity contribution in [2.75, 3.05) is 14.2 Å². The van der Waals surface area contributed by atoms with E-state index in [0.29, 0.717) is 11.4 Å². The van der Waals surface area contributed by atoms with E-state index < -0.39 is 11.9 Å². The molecule has 0 atom stereocenters. The predicted molar refractivity (Wildman–Crippen MR) is 108 cm³/mol. The van der Waals surface area contributed by atoms with Crippen LogP contribution in [0.2, 0.25) is 0 Å². The maximum atomic E-state index is 12.9. The zero-order valence-corrected chi connectivity index (χ0v) is 17.4. The van der Waals surface area contributed by atoms with E-state index in [1.165, 1.54) is 32.4 Å². The van der Waals surface area contributed by atoms with E-state index in [0.717, 1.165) is 0 Å². The van der Waals surface area contributed by atoms with Gasteiger partial charge in [0.1, 0.15) is 0 Å². The number of rotatable bonds is 5. The quantitative estimate of drug-likeness (QED) is 0.459. The molecule has 3 aromatic rings. The molecule has 0 aliphatic heterocycles. The SMILES string of the molecule is COC(=O)c1ccc(OC(=O)c2ccccc2-c2nc(C(C)(C)C)no2)c(OC)c1. The lowest BCUT2D eigenvalue weighted by atomic mass is 9.96. The first kappa shape index (κ1) is 21.0. The van der Waals surface area contributed by atoms with E-state index in [9.17, 15) is 9.59 Å². The Balaban J connectivity index is 1.92. The Morgan fingerprint density at radius 2 is 1.70 bits per heavy atom. The number of carbonyl (C=O) groups is 2. The summed E-state index contributed by atoms with van der Waals surface area (Å²) in [4.78, 5) is 29.0. The number of carbonyl (C=O) groups excluding carboxylic acids is 2. The van der Waals surface area contributed by atoms with Crippen LogP contribution in [0.5, 0.6) is 11.5 Å². The number of aromatic nitrogens is 2. The highest BCUT2D eigenvalue weighted by Gasteiger charge is 2.25. The average molecular weight is 410 g/mol. The van der Waals surface area contributed by atoms with Gasteiger partial charge in [-0.25, -0.2) is 9.59 Å². The maximum absolute atomic E-state index is 12.9. The lowest BCUT2D eigenvalue weighted by molar-refractivity contribution is 0.0600. The smallest absolute Gasteiger partial charge is 0.344 e. The molecular weight excluding hydrogens is 388 g/mol. The second-order valence-electron chi connectivity index (χ2n) is 7.47. The second-order valence-corrected chi connectivity index (χ2v) is 7.47. The molecule has 0 radical (unpaired) electrons. The van der Waals surface area contributed by atoms with Crippen molar-refractivity contribution < 1.29 is 28.3 Å².